The van der Waals surface area contributed by atoms with E-state index in [-0.39, 0.29) is 17.0 Å². The molecule has 21 heavy (non-hydrogen) atoms. The molecule has 0 fully saturated rings. The van der Waals surface area contributed by atoms with E-state index in [0.29, 0.717) is 17.7 Å². The number of hydrogen-bond acceptors (Lipinski definition) is 4. The molecule has 0 aromatic heterocycles. The fourth-order valence-electron chi connectivity index (χ4n) is 1.65. The molecule has 0 radical (unpaired) electrons. The first-order chi connectivity index (χ1) is 9.57. The van der Waals surface area contributed by atoms with Crippen molar-refractivity contribution in [2.75, 3.05) is 17.1 Å². The van der Waals surface area contributed by atoms with Crippen LogP contribution in [0.5, 0.6) is 0 Å². The maximum atomic E-state index is 12.3. The van der Waals surface area contributed by atoms with Gasteiger partial charge in [-0.05, 0) is 24.0 Å². The van der Waals surface area contributed by atoms with Crippen LogP contribution in [0.25, 0.3) is 0 Å². The lowest BCUT2D eigenvalue weighted by atomic mass is 9.94. The number of sulfonamides is 1. The summed E-state index contributed by atoms with van der Waals surface area (Å²) in [6.07, 6.45) is 0.569. The van der Waals surface area contributed by atoms with Crippen LogP contribution in [0.4, 0.5) is 5.69 Å². The fourth-order valence-corrected chi connectivity index (χ4v) is 3.23. The van der Waals surface area contributed by atoms with E-state index in [1.165, 1.54) is 11.4 Å². The van der Waals surface area contributed by atoms with E-state index < -0.39 is 10.0 Å². The molecule has 1 aromatic carbocycles. The predicted molar refractivity (Wildman–Crippen MR) is 85.2 cm³/mol. The first-order valence-electron chi connectivity index (χ1n) is 6.61. The van der Waals surface area contributed by atoms with Gasteiger partial charge in [0, 0.05) is 12.6 Å². The monoisotopic (exact) mass is 313 g/mol. The largest absolute Gasteiger partial charge is 0.409 e. The molecule has 0 aliphatic carbocycles. The smallest absolute Gasteiger partial charge is 0.234 e. The maximum absolute atomic E-state index is 12.3. The summed E-state index contributed by atoms with van der Waals surface area (Å²) in [6, 6.07) is 6.55. The van der Waals surface area contributed by atoms with Gasteiger partial charge in [-0.2, -0.15) is 0 Å². The summed E-state index contributed by atoms with van der Waals surface area (Å²) in [5, 5.41) is 11.6. The topological polar surface area (TPSA) is 96.0 Å². The normalized spacial score (nSPS) is 13.2. The number of rotatable bonds is 5. The van der Waals surface area contributed by atoms with Gasteiger partial charge in [0.25, 0.3) is 0 Å². The van der Waals surface area contributed by atoms with Gasteiger partial charge >= 0.3 is 0 Å². The number of amidine groups is 1. The molecule has 0 saturated carbocycles. The summed E-state index contributed by atoms with van der Waals surface area (Å²) in [5.74, 6) is 0.0122. The highest BCUT2D eigenvalue weighted by molar-refractivity contribution is 7.92. The van der Waals surface area contributed by atoms with Crippen LogP contribution < -0.4 is 10.0 Å². The second kappa shape index (κ2) is 6.34. The zero-order valence-corrected chi connectivity index (χ0v) is 13.7. The molecule has 7 heteroatoms. The molecule has 0 saturated heterocycles. The van der Waals surface area contributed by atoms with Crippen LogP contribution in [0.15, 0.2) is 29.4 Å². The molecule has 0 atom stereocenters. The van der Waals surface area contributed by atoms with Gasteiger partial charge in [-0.15, -0.1) is 0 Å². The lowest BCUT2D eigenvalue weighted by Gasteiger charge is -2.23. The minimum atomic E-state index is -3.41. The summed E-state index contributed by atoms with van der Waals surface area (Å²) < 4.78 is 25.9. The SMILES string of the molecule is CN(c1cccc(/C(N)=N/O)c1)S(=O)(=O)CCC(C)(C)C. The molecule has 0 amide bonds. The van der Waals surface area contributed by atoms with Gasteiger partial charge < -0.3 is 10.9 Å². The van der Waals surface area contributed by atoms with Crippen molar-refractivity contribution in [2.45, 2.75) is 27.2 Å². The summed E-state index contributed by atoms with van der Waals surface area (Å²) in [4.78, 5) is 0. The predicted octanol–water partition coefficient (Wildman–Crippen LogP) is 1.98. The van der Waals surface area contributed by atoms with Crippen molar-refractivity contribution in [3.05, 3.63) is 29.8 Å². The van der Waals surface area contributed by atoms with Crippen molar-refractivity contribution in [3.8, 4) is 0 Å². The highest BCUT2D eigenvalue weighted by Crippen LogP contribution is 2.23. The third-order valence-corrected chi connectivity index (χ3v) is 4.91. The van der Waals surface area contributed by atoms with Crippen molar-refractivity contribution < 1.29 is 13.6 Å². The molecular formula is C14H23N3O3S. The zero-order chi connectivity index (χ0) is 16.3. The van der Waals surface area contributed by atoms with Crippen molar-refractivity contribution >= 4 is 21.5 Å². The quantitative estimate of drug-likeness (QED) is 0.376. The standard InChI is InChI=1S/C14H23N3O3S/c1-14(2,3)8-9-21(19,20)17(4)12-7-5-6-11(10-12)13(15)16-18/h5-7,10,18H,8-9H2,1-4H3,(H2,15,16). The van der Waals surface area contributed by atoms with Gasteiger partial charge in [-0.1, -0.05) is 38.1 Å². The summed E-state index contributed by atoms with van der Waals surface area (Å²) in [5.41, 5.74) is 6.41. The first-order valence-corrected chi connectivity index (χ1v) is 8.22. The van der Waals surface area contributed by atoms with E-state index in [4.69, 9.17) is 10.9 Å². The Morgan fingerprint density at radius 2 is 2.00 bits per heavy atom. The average molecular weight is 313 g/mol. The second-order valence-corrected chi connectivity index (χ2v) is 8.25. The molecule has 118 valence electrons. The molecular weight excluding hydrogens is 290 g/mol. The number of anilines is 1. The number of nitrogens with zero attached hydrogens (tertiary/aromatic N) is 2. The second-order valence-electron chi connectivity index (χ2n) is 6.13. The van der Waals surface area contributed by atoms with Gasteiger partial charge in [0.05, 0.1) is 11.4 Å². The summed E-state index contributed by atoms with van der Waals surface area (Å²) in [7, 11) is -1.90. The Hall–Kier alpha value is -1.76. The van der Waals surface area contributed by atoms with E-state index in [0.717, 1.165) is 0 Å². The van der Waals surface area contributed by atoms with Gasteiger partial charge in [-0.25, -0.2) is 8.42 Å². The third-order valence-electron chi connectivity index (χ3n) is 3.14. The van der Waals surface area contributed by atoms with Gasteiger partial charge in [-0.3, -0.25) is 4.31 Å². The summed E-state index contributed by atoms with van der Waals surface area (Å²) >= 11 is 0. The molecule has 0 heterocycles. The van der Waals surface area contributed by atoms with Crippen LogP contribution in [0, 0.1) is 5.41 Å². The minimum Gasteiger partial charge on any atom is -0.409 e. The average Bonchev–Trinajstić information content (AvgIpc) is 2.43. The highest BCUT2D eigenvalue weighted by atomic mass is 32.2. The van der Waals surface area contributed by atoms with E-state index >= 15 is 0 Å². The molecule has 3 N–H and O–H groups in total. The Kier molecular flexibility index (Phi) is 5.22. The van der Waals surface area contributed by atoms with Crippen LogP contribution >= 0.6 is 0 Å². The molecule has 0 aliphatic heterocycles. The molecule has 0 bridgehead atoms. The first kappa shape index (κ1) is 17.3. The van der Waals surface area contributed by atoms with Gasteiger partial charge in [0.15, 0.2) is 5.84 Å². The lowest BCUT2D eigenvalue weighted by Crippen LogP contribution is -2.31. The molecule has 0 spiro atoms. The highest BCUT2D eigenvalue weighted by Gasteiger charge is 2.22. The number of benzene rings is 1. The van der Waals surface area contributed by atoms with Crippen LogP contribution in [0.3, 0.4) is 0 Å². The Bertz CT molecular complexity index is 619. The van der Waals surface area contributed by atoms with Crippen molar-refractivity contribution in [1.82, 2.24) is 0 Å². The molecule has 0 unspecified atom stereocenters. The number of hydrogen-bond donors (Lipinski definition) is 2. The molecule has 1 aromatic rings. The van der Waals surface area contributed by atoms with Crippen LogP contribution in [-0.4, -0.2) is 32.3 Å². The summed E-state index contributed by atoms with van der Waals surface area (Å²) in [6.45, 7) is 6.00. The van der Waals surface area contributed by atoms with Gasteiger partial charge in [0.2, 0.25) is 10.0 Å². The molecule has 6 nitrogen and oxygen atoms in total. The van der Waals surface area contributed by atoms with E-state index in [1.807, 2.05) is 20.8 Å². The number of oxime groups is 1. The van der Waals surface area contributed by atoms with Crippen molar-refractivity contribution in [3.63, 3.8) is 0 Å². The van der Waals surface area contributed by atoms with Crippen molar-refractivity contribution in [1.29, 1.82) is 0 Å². The van der Waals surface area contributed by atoms with E-state index in [1.54, 1.807) is 24.3 Å². The maximum Gasteiger partial charge on any atom is 0.234 e. The minimum absolute atomic E-state index is 0.0519. The van der Waals surface area contributed by atoms with Gasteiger partial charge in [0.1, 0.15) is 0 Å². The Labute approximate surface area is 126 Å². The zero-order valence-electron chi connectivity index (χ0n) is 12.9. The van der Waals surface area contributed by atoms with Crippen molar-refractivity contribution in [2.24, 2.45) is 16.3 Å². The van der Waals surface area contributed by atoms with Crippen LogP contribution in [0.1, 0.15) is 32.8 Å². The third kappa shape index (κ3) is 4.93. The Balaban J connectivity index is 3.00. The van der Waals surface area contributed by atoms with Crippen LogP contribution in [0.2, 0.25) is 0 Å². The lowest BCUT2D eigenvalue weighted by molar-refractivity contribution is 0.318. The molecule has 1 rings (SSSR count). The van der Waals surface area contributed by atoms with Crippen LogP contribution in [-0.2, 0) is 10.0 Å². The Morgan fingerprint density at radius 1 is 1.38 bits per heavy atom. The fraction of sp³-hybridized carbons (Fsp3) is 0.500. The molecule has 0 aliphatic rings. The van der Waals surface area contributed by atoms with E-state index in [9.17, 15) is 8.42 Å². The Morgan fingerprint density at radius 3 is 2.52 bits per heavy atom. The number of nitrogens with two attached hydrogens (primary N) is 1. The van der Waals surface area contributed by atoms with E-state index in [2.05, 4.69) is 5.16 Å².